The van der Waals surface area contributed by atoms with Gasteiger partial charge in [0, 0.05) is 19.3 Å². The summed E-state index contributed by atoms with van der Waals surface area (Å²) in [7, 11) is 0. The molecule has 96 valence electrons. The second kappa shape index (κ2) is 8.28. The lowest BCUT2D eigenvalue weighted by Gasteiger charge is -2.08. The lowest BCUT2D eigenvalue weighted by molar-refractivity contribution is 0.108. The third kappa shape index (κ3) is 5.35. The zero-order valence-corrected chi connectivity index (χ0v) is 11.1. The van der Waals surface area contributed by atoms with Gasteiger partial charge in [-0.15, -0.1) is 0 Å². The predicted octanol–water partition coefficient (Wildman–Crippen LogP) is 2.26. The standard InChI is InChI=1S/C12H19ClN2O2/c1-3-14-8-10-7-11(13)12(15-9-10)17-6-5-16-4-2/h7,9,14H,3-6,8H2,1-2H3. The average molecular weight is 259 g/mol. The first-order valence-electron chi connectivity index (χ1n) is 5.83. The van der Waals surface area contributed by atoms with Crippen molar-refractivity contribution in [1.82, 2.24) is 10.3 Å². The summed E-state index contributed by atoms with van der Waals surface area (Å²) in [5.41, 5.74) is 1.05. The zero-order valence-electron chi connectivity index (χ0n) is 10.3. The van der Waals surface area contributed by atoms with E-state index < -0.39 is 0 Å². The highest BCUT2D eigenvalue weighted by Gasteiger charge is 2.04. The molecule has 1 N–H and O–H groups in total. The van der Waals surface area contributed by atoms with Gasteiger partial charge in [0.15, 0.2) is 0 Å². The fourth-order valence-electron chi connectivity index (χ4n) is 1.28. The molecule has 0 aliphatic rings. The maximum atomic E-state index is 6.07. The predicted molar refractivity (Wildman–Crippen MR) is 68.6 cm³/mol. The quantitative estimate of drug-likeness (QED) is 0.727. The second-order valence-corrected chi connectivity index (χ2v) is 3.86. The van der Waals surface area contributed by atoms with Gasteiger partial charge in [0.1, 0.15) is 11.6 Å². The van der Waals surface area contributed by atoms with Crippen molar-refractivity contribution in [3.8, 4) is 5.88 Å². The van der Waals surface area contributed by atoms with Gasteiger partial charge in [-0.2, -0.15) is 0 Å². The number of hydrogen-bond donors (Lipinski definition) is 1. The molecule has 1 rings (SSSR count). The monoisotopic (exact) mass is 258 g/mol. The molecular weight excluding hydrogens is 240 g/mol. The van der Waals surface area contributed by atoms with Crippen LogP contribution in [0.4, 0.5) is 0 Å². The minimum absolute atomic E-state index is 0.464. The van der Waals surface area contributed by atoms with Crippen LogP contribution in [0.2, 0.25) is 5.02 Å². The van der Waals surface area contributed by atoms with E-state index in [-0.39, 0.29) is 0 Å². The van der Waals surface area contributed by atoms with Crippen molar-refractivity contribution in [3.05, 3.63) is 22.8 Å². The molecule has 17 heavy (non-hydrogen) atoms. The highest BCUT2D eigenvalue weighted by Crippen LogP contribution is 2.22. The SMILES string of the molecule is CCNCc1cnc(OCCOCC)c(Cl)c1. The number of nitrogens with one attached hydrogen (secondary N) is 1. The molecule has 0 fully saturated rings. The Morgan fingerprint density at radius 1 is 1.35 bits per heavy atom. The van der Waals surface area contributed by atoms with Crippen LogP contribution < -0.4 is 10.1 Å². The van der Waals surface area contributed by atoms with Gasteiger partial charge in [-0.1, -0.05) is 18.5 Å². The molecule has 0 unspecified atom stereocenters. The van der Waals surface area contributed by atoms with Crippen molar-refractivity contribution in [2.75, 3.05) is 26.4 Å². The van der Waals surface area contributed by atoms with E-state index in [1.54, 1.807) is 6.20 Å². The van der Waals surface area contributed by atoms with Crippen molar-refractivity contribution < 1.29 is 9.47 Å². The maximum absolute atomic E-state index is 6.07. The van der Waals surface area contributed by atoms with Gasteiger partial charge in [0.25, 0.3) is 0 Å². The smallest absolute Gasteiger partial charge is 0.232 e. The molecule has 0 saturated carbocycles. The van der Waals surface area contributed by atoms with Crippen molar-refractivity contribution in [1.29, 1.82) is 0 Å². The van der Waals surface area contributed by atoms with Crippen LogP contribution in [0.15, 0.2) is 12.3 Å². The van der Waals surface area contributed by atoms with E-state index in [0.717, 1.165) is 18.7 Å². The fourth-order valence-corrected chi connectivity index (χ4v) is 1.52. The first kappa shape index (κ1) is 14.2. The van der Waals surface area contributed by atoms with Crippen LogP contribution in [0.25, 0.3) is 0 Å². The fraction of sp³-hybridized carbons (Fsp3) is 0.583. The van der Waals surface area contributed by atoms with Crippen LogP contribution in [-0.2, 0) is 11.3 Å². The van der Waals surface area contributed by atoms with Crippen LogP contribution in [0, 0.1) is 0 Å². The molecule has 1 aromatic rings. The summed E-state index contributed by atoms with van der Waals surface area (Å²) in [4.78, 5) is 4.18. The lowest BCUT2D eigenvalue weighted by Crippen LogP contribution is -2.12. The Balaban J connectivity index is 2.45. The molecule has 0 saturated heterocycles. The summed E-state index contributed by atoms with van der Waals surface area (Å²) in [6, 6.07) is 1.87. The summed E-state index contributed by atoms with van der Waals surface area (Å²) in [6.45, 7) is 7.39. The van der Waals surface area contributed by atoms with Gasteiger partial charge < -0.3 is 14.8 Å². The summed E-state index contributed by atoms with van der Waals surface area (Å²) < 4.78 is 10.6. The van der Waals surface area contributed by atoms with Crippen molar-refractivity contribution in [2.24, 2.45) is 0 Å². The Bertz CT molecular complexity index is 334. The largest absolute Gasteiger partial charge is 0.474 e. The Morgan fingerprint density at radius 3 is 2.82 bits per heavy atom. The first-order valence-corrected chi connectivity index (χ1v) is 6.21. The molecule has 0 spiro atoms. The minimum atomic E-state index is 0.464. The van der Waals surface area contributed by atoms with E-state index in [2.05, 4.69) is 17.2 Å². The first-order chi connectivity index (χ1) is 8.27. The van der Waals surface area contributed by atoms with Crippen LogP contribution in [0.1, 0.15) is 19.4 Å². The number of nitrogens with zero attached hydrogens (tertiary/aromatic N) is 1. The zero-order chi connectivity index (χ0) is 12.5. The van der Waals surface area contributed by atoms with Crippen LogP contribution in [-0.4, -0.2) is 31.3 Å². The van der Waals surface area contributed by atoms with Crippen molar-refractivity contribution in [3.63, 3.8) is 0 Å². The third-order valence-corrected chi connectivity index (χ3v) is 2.38. The molecule has 0 aliphatic carbocycles. The minimum Gasteiger partial charge on any atom is -0.474 e. The number of halogens is 1. The molecule has 1 heterocycles. The average Bonchev–Trinajstić information content (AvgIpc) is 2.34. The van der Waals surface area contributed by atoms with Crippen LogP contribution in [0.3, 0.4) is 0 Å². The van der Waals surface area contributed by atoms with Gasteiger partial charge in [0.05, 0.1) is 6.61 Å². The van der Waals surface area contributed by atoms with E-state index in [9.17, 15) is 0 Å². The molecule has 0 aromatic carbocycles. The van der Waals surface area contributed by atoms with E-state index in [1.165, 1.54) is 0 Å². The van der Waals surface area contributed by atoms with E-state index in [0.29, 0.717) is 30.7 Å². The second-order valence-electron chi connectivity index (χ2n) is 3.46. The normalized spacial score (nSPS) is 10.5. The highest BCUT2D eigenvalue weighted by atomic mass is 35.5. The van der Waals surface area contributed by atoms with Crippen LogP contribution in [0.5, 0.6) is 5.88 Å². The van der Waals surface area contributed by atoms with E-state index >= 15 is 0 Å². The molecule has 0 bridgehead atoms. The molecular formula is C12H19ClN2O2. The Labute approximate surface area is 107 Å². The molecule has 1 aromatic heterocycles. The van der Waals surface area contributed by atoms with Gasteiger partial charge in [0.2, 0.25) is 5.88 Å². The number of hydrogen-bond acceptors (Lipinski definition) is 4. The van der Waals surface area contributed by atoms with Gasteiger partial charge >= 0.3 is 0 Å². The molecule has 0 atom stereocenters. The Kier molecular flexibility index (Phi) is 6.93. The van der Waals surface area contributed by atoms with Crippen LogP contribution >= 0.6 is 11.6 Å². The topological polar surface area (TPSA) is 43.4 Å². The maximum Gasteiger partial charge on any atom is 0.232 e. The molecule has 5 heteroatoms. The molecule has 0 aliphatic heterocycles. The number of aromatic nitrogens is 1. The van der Waals surface area contributed by atoms with Gasteiger partial charge in [-0.25, -0.2) is 4.98 Å². The van der Waals surface area contributed by atoms with Gasteiger partial charge in [-0.3, -0.25) is 0 Å². The number of rotatable bonds is 8. The van der Waals surface area contributed by atoms with Gasteiger partial charge in [-0.05, 0) is 25.1 Å². The molecule has 0 radical (unpaired) electrons. The van der Waals surface area contributed by atoms with Crippen molar-refractivity contribution in [2.45, 2.75) is 20.4 Å². The number of pyridine rings is 1. The third-order valence-electron chi connectivity index (χ3n) is 2.11. The van der Waals surface area contributed by atoms with E-state index in [4.69, 9.17) is 21.1 Å². The van der Waals surface area contributed by atoms with Crippen molar-refractivity contribution >= 4 is 11.6 Å². The number of ether oxygens (including phenoxy) is 2. The highest BCUT2D eigenvalue weighted by molar-refractivity contribution is 6.31. The van der Waals surface area contributed by atoms with E-state index in [1.807, 2.05) is 13.0 Å². The molecule has 0 amide bonds. The Hall–Kier alpha value is -0.840. The summed E-state index contributed by atoms with van der Waals surface area (Å²) in [5.74, 6) is 0.464. The summed E-state index contributed by atoms with van der Waals surface area (Å²) in [6.07, 6.45) is 1.77. The molecule has 4 nitrogen and oxygen atoms in total. The Morgan fingerprint density at radius 2 is 2.18 bits per heavy atom. The summed E-state index contributed by atoms with van der Waals surface area (Å²) in [5, 5.41) is 3.75. The summed E-state index contributed by atoms with van der Waals surface area (Å²) >= 11 is 6.07. The lowest BCUT2D eigenvalue weighted by atomic mass is 10.3.